The molecule has 0 aliphatic heterocycles. The number of aryl methyl sites for hydroxylation is 2. The second-order valence-electron chi connectivity index (χ2n) is 5.50. The summed E-state index contributed by atoms with van der Waals surface area (Å²) in [7, 11) is 1.48. The molecule has 2 aromatic rings. The fourth-order valence-electron chi connectivity index (χ4n) is 2.27. The predicted molar refractivity (Wildman–Crippen MR) is 95.7 cm³/mol. The van der Waals surface area contributed by atoms with E-state index < -0.39 is 5.97 Å². The molecule has 1 aromatic carbocycles. The quantitative estimate of drug-likeness (QED) is 0.513. The topological polar surface area (TPSA) is 77.5 Å². The molecule has 0 saturated heterocycles. The summed E-state index contributed by atoms with van der Waals surface area (Å²) in [4.78, 5) is 27.4. The van der Waals surface area contributed by atoms with Gasteiger partial charge in [-0.1, -0.05) is 6.07 Å². The zero-order valence-corrected chi connectivity index (χ0v) is 14.6. The summed E-state index contributed by atoms with van der Waals surface area (Å²) in [5.41, 5.74) is 2.60. The largest absolute Gasteiger partial charge is 0.493 e. The van der Waals surface area contributed by atoms with E-state index >= 15 is 0 Å². The second kappa shape index (κ2) is 8.10. The number of hydrogen-bond donors (Lipinski definition) is 1. The number of amides is 1. The lowest BCUT2D eigenvalue weighted by atomic mass is 10.2. The lowest BCUT2D eigenvalue weighted by Gasteiger charge is -2.08. The van der Waals surface area contributed by atoms with Gasteiger partial charge in [-0.15, -0.1) is 0 Å². The van der Waals surface area contributed by atoms with Crippen LogP contribution >= 0.6 is 0 Å². The Morgan fingerprint density at radius 2 is 1.88 bits per heavy atom. The van der Waals surface area contributed by atoms with Gasteiger partial charge in [0.1, 0.15) is 5.82 Å². The first-order chi connectivity index (χ1) is 11.9. The maximum atomic E-state index is 12.0. The highest BCUT2D eigenvalue weighted by Crippen LogP contribution is 2.28. The van der Waals surface area contributed by atoms with Crippen molar-refractivity contribution in [2.24, 2.45) is 0 Å². The highest BCUT2D eigenvalue weighted by molar-refractivity contribution is 6.01. The molecule has 130 valence electrons. The molecule has 0 atom stereocenters. The number of rotatable bonds is 5. The molecular formula is C19H20N2O4. The Bertz CT molecular complexity index is 808. The Balaban J connectivity index is 2.10. The van der Waals surface area contributed by atoms with Gasteiger partial charge in [0.25, 0.3) is 0 Å². The molecule has 0 saturated carbocycles. The summed E-state index contributed by atoms with van der Waals surface area (Å²) in [6, 6.07) is 8.75. The van der Waals surface area contributed by atoms with Gasteiger partial charge in [-0.3, -0.25) is 9.59 Å². The predicted octanol–water partition coefficient (Wildman–Crippen LogP) is 3.28. The highest BCUT2D eigenvalue weighted by Gasteiger charge is 2.07. The van der Waals surface area contributed by atoms with Gasteiger partial charge >= 0.3 is 5.97 Å². The van der Waals surface area contributed by atoms with Crippen molar-refractivity contribution in [2.45, 2.75) is 20.8 Å². The molecule has 0 aliphatic rings. The number of nitrogens with zero attached hydrogens (tertiary/aromatic N) is 1. The third-order valence-corrected chi connectivity index (χ3v) is 3.22. The first-order valence-electron chi connectivity index (χ1n) is 7.68. The van der Waals surface area contributed by atoms with Crippen molar-refractivity contribution in [3.05, 3.63) is 53.2 Å². The van der Waals surface area contributed by atoms with Crippen LogP contribution in [0.5, 0.6) is 11.5 Å². The van der Waals surface area contributed by atoms with E-state index in [1.807, 2.05) is 19.9 Å². The van der Waals surface area contributed by atoms with E-state index in [2.05, 4.69) is 10.3 Å². The van der Waals surface area contributed by atoms with E-state index in [1.165, 1.54) is 20.1 Å². The Morgan fingerprint density at radius 3 is 2.52 bits per heavy atom. The van der Waals surface area contributed by atoms with Crippen molar-refractivity contribution in [3.63, 3.8) is 0 Å². The summed E-state index contributed by atoms with van der Waals surface area (Å²) in [6.07, 6.45) is 3.04. The Labute approximate surface area is 146 Å². The van der Waals surface area contributed by atoms with Crippen LogP contribution in [0.1, 0.15) is 23.7 Å². The molecule has 6 heteroatoms. The van der Waals surface area contributed by atoms with Crippen LogP contribution in [0.15, 0.2) is 36.4 Å². The maximum absolute atomic E-state index is 12.0. The number of methoxy groups -OCH3 is 1. The summed E-state index contributed by atoms with van der Waals surface area (Å²) < 4.78 is 10.2. The van der Waals surface area contributed by atoms with Crippen molar-refractivity contribution in [1.82, 2.24) is 4.98 Å². The minimum atomic E-state index is -0.429. The molecule has 1 amide bonds. The lowest BCUT2D eigenvalue weighted by Crippen LogP contribution is -2.09. The van der Waals surface area contributed by atoms with Crippen LogP contribution in [-0.2, 0) is 9.59 Å². The molecule has 0 spiro atoms. The molecule has 1 N–H and O–H groups in total. The van der Waals surface area contributed by atoms with Crippen molar-refractivity contribution < 1.29 is 19.1 Å². The van der Waals surface area contributed by atoms with E-state index in [0.29, 0.717) is 17.3 Å². The van der Waals surface area contributed by atoms with Crippen LogP contribution in [0.2, 0.25) is 0 Å². The summed E-state index contributed by atoms with van der Waals surface area (Å²) >= 11 is 0. The number of hydrogen-bond acceptors (Lipinski definition) is 5. The third-order valence-electron chi connectivity index (χ3n) is 3.22. The van der Waals surface area contributed by atoms with Crippen molar-refractivity contribution in [1.29, 1.82) is 0 Å². The van der Waals surface area contributed by atoms with Crippen LogP contribution < -0.4 is 14.8 Å². The molecule has 0 unspecified atom stereocenters. The highest BCUT2D eigenvalue weighted by atomic mass is 16.6. The number of aromatic nitrogens is 1. The van der Waals surface area contributed by atoms with Crippen LogP contribution in [0.4, 0.5) is 5.82 Å². The fraction of sp³-hybridized carbons (Fsp3) is 0.211. The van der Waals surface area contributed by atoms with Crippen molar-refractivity contribution >= 4 is 23.8 Å². The van der Waals surface area contributed by atoms with E-state index in [-0.39, 0.29) is 5.91 Å². The maximum Gasteiger partial charge on any atom is 0.308 e. The average Bonchev–Trinajstić information content (AvgIpc) is 2.52. The van der Waals surface area contributed by atoms with Crippen molar-refractivity contribution in [3.8, 4) is 11.5 Å². The van der Waals surface area contributed by atoms with Gasteiger partial charge in [0.05, 0.1) is 7.11 Å². The number of esters is 1. The number of carbonyl (C=O) groups is 2. The molecule has 25 heavy (non-hydrogen) atoms. The number of ether oxygens (including phenoxy) is 2. The minimum absolute atomic E-state index is 0.291. The summed E-state index contributed by atoms with van der Waals surface area (Å²) in [5, 5.41) is 2.72. The SMILES string of the molecule is COc1cc(/C=C/C(=O)Nc2cc(C)cc(C)n2)ccc1OC(C)=O. The number of pyridine rings is 1. The van der Waals surface area contributed by atoms with Crippen LogP contribution in [0.25, 0.3) is 6.08 Å². The van der Waals surface area contributed by atoms with E-state index in [4.69, 9.17) is 9.47 Å². The fourth-order valence-corrected chi connectivity index (χ4v) is 2.27. The van der Waals surface area contributed by atoms with Gasteiger partial charge < -0.3 is 14.8 Å². The Morgan fingerprint density at radius 1 is 1.12 bits per heavy atom. The van der Waals surface area contributed by atoms with Gasteiger partial charge in [-0.2, -0.15) is 0 Å². The Hall–Kier alpha value is -3.15. The van der Waals surface area contributed by atoms with Gasteiger partial charge in [0.2, 0.25) is 5.91 Å². The monoisotopic (exact) mass is 340 g/mol. The molecule has 1 heterocycles. The summed E-state index contributed by atoms with van der Waals surface area (Å²) in [6.45, 7) is 5.13. The number of anilines is 1. The third kappa shape index (κ3) is 5.46. The summed E-state index contributed by atoms with van der Waals surface area (Å²) in [5.74, 6) is 0.530. The molecule has 2 rings (SSSR count). The minimum Gasteiger partial charge on any atom is -0.493 e. The molecule has 0 fully saturated rings. The standard InChI is InChI=1S/C19H20N2O4/c1-12-9-13(2)20-18(10-12)21-19(23)8-6-15-5-7-16(25-14(3)22)17(11-15)24-4/h5-11H,1-4H3,(H,20,21,23)/b8-6+. The van der Waals surface area contributed by atoms with Crippen LogP contribution in [0, 0.1) is 13.8 Å². The van der Waals surface area contributed by atoms with Gasteiger partial charge in [0, 0.05) is 18.7 Å². The lowest BCUT2D eigenvalue weighted by molar-refractivity contribution is -0.132. The zero-order chi connectivity index (χ0) is 18.4. The normalized spacial score (nSPS) is 10.6. The van der Waals surface area contributed by atoms with E-state index in [1.54, 1.807) is 30.3 Å². The Kier molecular flexibility index (Phi) is 5.89. The van der Waals surface area contributed by atoms with E-state index in [9.17, 15) is 9.59 Å². The number of nitrogens with one attached hydrogen (secondary N) is 1. The zero-order valence-electron chi connectivity index (χ0n) is 14.6. The smallest absolute Gasteiger partial charge is 0.308 e. The van der Waals surface area contributed by atoms with Gasteiger partial charge in [-0.05, 0) is 55.3 Å². The molecule has 6 nitrogen and oxygen atoms in total. The molecule has 1 aromatic heterocycles. The molecule has 0 bridgehead atoms. The second-order valence-corrected chi connectivity index (χ2v) is 5.50. The molecular weight excluding hydrogens is 320 g/mol. The number of carbonyl (C=O) groups excluding carboxylic acids is 2. The van der Waals surface area contributed by atoms with Gasteiger partial charge in [0.15, 0.2) is 11.5 Å². The first kappa shape index (κ1) is 18.2. The van der Waals surface area contributed by atoms with Crippen molar-refractivity contribution in [2.75, 3.05) is 12.4 Å². The van der Waals surface area contributed by atoms with Crippen LogP contribution in [-0.4, -0.2) is 24.0 Å². The number of benzene rings is 1. The van der Waals surface area contributed by atoms with Gasteiger partial charge in [-0.25, -0.2) is 4.98 Å². The molecule has 0 radical (unpaired) electrons. The first-order valence-corrected chi connectivity index (χ1v) is 7.68. The van der Waals surface area contributed by atoms with Crippen LogP contribution in [0.3, 0.4) is 0 Å². The average molecular weight is 340 g/mol. The van der Waals surface area contributed by atoms with E-state index in [0.717, 1.165) is 16.8 Å². The molecule has 0 aliphatic carbocycles.